The monoisotopic (exact) mass is 383 g/mol. The average Bonchev–Trinajstić information content (AvgIpc) is 3.09. The van der Waals surface area contributed by atoms with Crippen molar-refractivity contribution in [3.8, 4) is 0 Å². The first-order valence-electron chi connectivity index (χ1n) is 8.82. The lowest BCUT2D eigenvalue weighted by Crippen LogP contribution is -2.47. The number of nitrogens with zero attached hydrogens (tertiary/aromatic N) is 2. The fourth-order valence-electron chi connectivity index (χ4n) is 3.00. The topological polar surface area (TPSA) is 102 Å². The number of nitrogens with one attached hydrogen (secondary N) is 2. The highest BCUT2D eigenvalue weighted by Crippen LogP contribution is 2.26. The maximum Gasteiger partial charge on any atom is 0.258 e. The fraction of sp³-hybridized carbons (Fsp3) is 0.316. The number of aryl methyl sites for hydroxylation is 1. The number of anilines is 2. The zero-order chi connectivity index (χ0) is 18.8. The number of hydrogen-bond acceptors (Lipinski definition) is 7. The van der Waals surface area contributed by atoms with E-state index in [9.17, 15) is 4.79 Å². The predicted octanol–water partition coefficient (Wildman–Crippen LogP) is 2.78. The second-order valence-corrected chi connectivity index (χ2v) is 7.57. The molecule has 0 bridgehead atoms. The van der Waals surface area contributed by atoms with Crippen LogP contribution in [0.3, 0.4) is 0 Å². The number of benzene rings is 1. The highest BCUT2D eigenvalue weighted by molar-refractivity contribution is 7.17. The number of carbonyl (C=O) groups excluding carboxylic acids is 1. The molecule has 4 rings (SSSR count). The number of fused-ring (bicyclic) bond motifs is 1. The molecule has 3 aromatic rings. The van der Waals surface area contributed by atoms with Crippen LogP contribution in [0.1, 0.15) is 22.3 Å². The highest BCUT2D eigenvalue weighted by atomic mass is 32.1. The van der Waals surface area contributed by atoms with E-state index in [2.05, 4.69) is 20.6 Å². The Morgan fingerprint density at radius 3 is 2.93 bits per heavy atom. The van der Waals surface area contributed by atoms with Crippen LogP contribution < -0.4 is 16.4 Å². The van der Waals surface area contributed by atoms with Crippen LogP contribution in [0, 0.1) is 6.92 Å². The van der Waals surface area contributed by atoms with Gasteiger partial charge in [-0.3, -0.25) is 4.79 Å². The maximum atomic E-state index is 12.7. The molecule has 1 aliphatic rings. The van der Waals surface area contributed by atoms with Crippen molar-refractivity contribution in [3.63, 3.8) is 0 Å². The van der Waals surface area contributed by atoms with E-state index in [1.807, 2.05) is 36.6 Å². The van der Waals surface area contributed by atoms with Gasteiger partial charge in [0.05, 0.1) is 28.6 Å². The highest BCUT2D eigenvalue weighted by Gasteiger charge is 2.23. The molecule has 1 aliphatic heterocycles. The largest absolute Gasteiger partial charge is 0.380 e. The third-order valence-corrected chi connectivity index (χ3v) is 5.49. The molecule has 0 radical (unpaired) electrons. The summed E-state index contributed by atoms with van der Waals surface area (Å²) in [5, 5.41) is 8.01. The van der Waals surface area contributed by atoms with Crippen LogP contribution in [0.4, 0.5) is 11.6 Å². The Balaban J connectivity index is 1.56. The number of ether oxygens (including phenoxy) is 1. The van der Waals surface area contributed by atoms with E-state index in [4.69, 9.17) is 10.5 Å². The van der Waals surface area contributed by atoms with Crippen LogP contribution in [0.5, 0.6) is 0 Å². The van der Waals surface area contributed by atoms with Crippen LogP contribution in [-0.4, -0.2) is 41.2 Å². The van der Waals surface area contributed by atoms with Crippen molar-refractivity contribution < 1.29 is 9.53 Å². The SMILES string of the molecule is Cc1ccc(NC(=O)c2csc3cnc(NC4CCOCC4N)nc23)cc1. The molecule has 0 aliphatic carbocycles. The maximum absolute atomic E-state index is 12.7. The van der Waals surface area contributed by atoms with E-state index < -0.39 is 0 Å². The molecule has 2 aromatic heterocycles. The van der Waals surface area contributed by atoms with E-state index in [0.29, 0.717) is 30.2 Å². The Hall–Kier alpha value is -2.55. The van der Waals surface area contributed by atoms with Crippen molar-refractivity contribution in [1.82, 2.24) is 9.97 Å². The van der Waals surface area contributed by atoms with Gasteiger partial charge >= 0.3 is 0 Å². The molecule has 1 amide bonds. The third kappa shape index (κ3) is 3.92. The van der Waals surface area contributed by atoms with Crippen molar-refractivity contribution in [2.24, 2.45) is 5.73 Å². The summed E-state index contributed by atoms with van der Waals surface area (Å²) in [6.45, 7) is 3.19. The number of amides is 1. The molecule has 2 atom stereocenters. The average molecular weight is 383 g/mol. The molecule has 27 heavy (non-hydrogen) atoms. The van der Waals surface area contributed by atoms with Crippen LogP contribution >= 0.6 is 11.3 Å². The number of nitrogens with two attached hydrogens (primary N) is 1. The van der Waals surface area contributed by atoms with Crippen molar-refractivity contribution in [2.75, 3.05) is 23.8 Å². The Kier molecular flexibility index (Phi) is 5.02. The molecular weight excluding hydrogens is 362 g/mol. The lowest BCUT2D eigenvalue weighted by atomic mass is 10.1. The summed E-state index contributed by atoms with van der Waals surface area (Å²) in [7, 11) is 0. The lowest BCUT2D eigenvalue weighted by Gasteiger charge is -2.29. The molecular formula is C19H21N5O2S. The first-order chi connectivity index (χ1) is 13.1. The van der Waals surface area contributed by atoms with Crippen molar-refractivity contribution in [1.29, 1.82) is 0 Å². The molecule has 1 fully saturated rings. The van der Waals surface area contributed by atoms with Gasteiger partial charge in [0.1, 0.15) is 0 Å². The number of rotatable bonds is 4. The van der Waals surface area contributed by atoms with Gasteiger partial charge in [-0.15, -0.1) is 11.3 Å². The molecule has 0 saturated carbocycles. The van der Waals surface area contributed by atoms with Crippen molar-refractivity contribution >= 4 is 39.1 Å². The lowest BCUT2D eigenvalue weighted by molar-refractivity contribution is 0.0751. The van der Waals surface area contributed by atoms with E-state index in [1.165, 1.54) is 11.3 Å². The van der Waals surface area contributed by atoms with E-state index in [1.54, 1.807) is 6.20 Å². The Labute approximate surface area is 161 Å². The number of thiophene rings is 1. The summed E-state index contributed by atoms with van der Waals surface area (Å²) in [6, 6.07) is 7.64. The Morgan fingerprint density at radius 2 is 2.15 bits per heavy atom. The summed E-state index contributed by atoms with van der Waals surface area (Å²) < 4.78 is 6.23. The Morgan fingerprint density at radius 1 is 1.33 bits per heavy atom. The normalized spacial score (nSPS) is 19.8. The molecule has 1 saturated heterocycles. The smallest absolute Gasteiger partial charge is 0.258 e. The van der Waals surface area contributed by atoms with Crippen LogP contribution in [0.2, 0.25) is 0 Å². The van der Waals surface area contributed by atoms with Gasteiger partial charge in [-0.1, -0.05) is 17.7 Å². The first kappa shape index (κ1) is 17.8. The van der Waals surface area contributed by atoms with Crippen molar-refractivity contribution in [2.45, 2.75) is 25.4 Å². The summed E-state index contributed by atoms with van der Waals surface area (Å²) in [4.78, 5) is 21.6. The second kappa shape index (κ2) is 7.59. The van der Waals surface area contributed by atoms with E-state index in [-0.39, 0.29) is 18.0 Å². The van der Waals surface area contributed by atoms with Crippen molar-refractivity contribution in [3.05, 3.63) is 47.0 Å². The van der Waals surface area contributed by atoms with Gasteiger partial charge in [-0.2, -0.15) is 0 Å². The molecule has 8 heteroatoms. The quantitative estimate of drug-likeness (QED) is 0.640. The zero-order valence-electron chi connectivity index (χ0n) is 14.9. The van der Waals surface area contributed by atoms with Crippen LogP contribution in [0.15, 0.2) is 35.8 Å². The van der Waals surface area contributed by atoms with Crippen LogP contribution in [-0.2, 0) is 4.74 Å². The summed E-state index contributed by atoms with van der Waals surface area (Å²) in [5.41, 5.74) is 9.17. The minimum Gasteiger partial charge on any atom is -0.380 e. The molecule has 4 N–H and O–H groups in total. The molecule has 7 nitrogen and oxygen atoms in total. The summed E-state index contributed by atoms with van der Waals surface area (Å²) >= 11 is 1.45. The summed E-state index contributed by atoms with van der Waals surface area (Å²) in [6.07, 6.45) is 2.54. The fourth-order valence-corrected chi connectivity index (χ4v) is 3.84. The van der Waals surface area contributed by atoms with Gasteiger partial charge in [0.15, 0.2) is 0 Å². The second-order valence-electron chi connectivity index (χ2n) is 6.65. The molecule has 2 unspecified atom stereocenters. The molecule has 140 valence electrons. The minimum absolute atomic E-state index is 0.0553. The minimum atomic E-state index is -0.183. The molecule has 0 spiro atoms. The first-order valence-corrected chi connectivity index (χ1v) is 9.70. The van der Waals surface area contributed by atoms with Gasteiger partial charge in [-0.25, -0.2) is 9.97 Å². The standard InChI is InChI=1S/C19H21N5O2S/c1-11-2-4-12(5-3-11)22-18(25)13-10-27-16-8-21-19(24-17(13)16)23-15-6-7-26-9-14(15)20/h2-5,8,10,14-15H,6-7,9,20H2,1H3,(H,22,25)(H,21,23,24). The van der Waals surface area contributed by atoms with Gasteiger partial charge in [0, 0.05) is 29.8 Å². The zero-order valence-corrected chi connectivity index (χ0v) is 15.8. The van der Waals surface area contributed by atoms with Gasteiger partial charge in [0.2, 0.25) is 5.95 Å². The predicted molar refractivity (Wildman–Crippen MR) is 107 cm³/mol. The molecule has 1 aromatic carbocycles. The van der Waals surface area contributed by atoms with E-state index in [0.717, 1.165) is 22.4 Å². The molecule has 3 heterocycles. The van der Waals surface area contributed by atoms with Gasteiger partial charge in [-0.05, 0) is 25.5 Å². The third-order valence-electron chi connectivity index (χ3n) is 4.58. The summed E-state index contributed by atoms with van der Waals surface area (Å²) in [5.74, 6) is 0.296. The number of hydrogen-bond donors (Lipinski definition) is 3. The van der Waals surface area contributed by atoms with Gasteiger partial charge < -0.3 is 21.1 Å². The number of carbonyl (C=O) groups is 1. The number of aromatic nitrogens is 2. The van der Waals surface area contributed by atoms with Gasteiger partial charge in [0.25, 0.3) is 5.91 Å². The Bertz CT molecular complexity index is 956. The van der Waals surface area contributed by atoms with Crippen LogP contribution in [0.25, 0.3) is 10.2 Å². The van der Waals surface area contributed by atoms with E-state index >= 15 is 0 Å².